The van der Waals surface area contributed by atoms with Gasteiger partial charge in [-0.1, -0.05) is 43.6 Å². The molecule has 0 saturated carbocycles. The molecule has 0 amide bonds. The monoisotopic (exact) mass is 638 g/mol. The molecule has 45 heavy (non-hydrogen) atoms. The summed E-state index contributed by atoms with van der Waals surface area (Å²) < 4.78 is 24.1. The normalized spacial score (nSPS) is 37.2. The number of ether oxygens (including phenoxy) is 4. The van der Waals surface area contributed by atoms with Gasteiger partial charge in [0.2, 0.25) is 12.6 Å². The van der Waals surface area contributed by atoms with E-state index in [1.807, 2.05) is 13.8 Å². The van der Waals surface area contributed by atoms with E-state index in [-0.39, 0.29) is 23.3 Å². The van der Waals surface area contributed by atoms with Crippen molar-refractivity contribution in [3.8, 4) is 11.5 Å². The van der Waals surface area contributed by atoms with Crippen LogP contribution in [-0.4, -0.2) is 115 Å². The Morgan fingerprint density at radius 3 is 1.78 bits per heavy atom. The molecule has 3 aliphatic rings. The minimum absolute atomic E-state index is 0.0612. The van der Waals surface area contributed by atoms with Crippen LogP contribution in [0.15, 0.2) is 35.9 Å². The average Bonchev–Trinajstić information content (AvgIpc) is 3.01. The number of aliphatic hydroxyl groups excluding tert-OH is 8. The first-order valence-electron chi connectivity index (χ1n) is 15.9. The second-order valence-electron chi connectivity index (χ2n) is 12.6. The summed E-state index contributed by atoms with van der Waals surface area (Å²) in [5, 5.41) is 82.9. The summed E-state index contributed by atoms with van der Waals surface area (Å²) in [6.07, 6.45) is -7.97. The summed E-state index contributed by atoms with van der Waals surface area (Å²) in [7, 11) is 0. The Bertz CT molecular complexity index is 1110. The molecule has 2 fully saturated rings. The maximum atomic E-state index is 10.9. The number of aliphatic hydroxyl groups is 8. The van der Waals surface area contributed by atoms with Gasteiger partial charge in [-0.2, -0.15) is 0 Å². The van der Waals surface area contributed by atoms with Crippen LogP contribution in [0.1, 0.15) is 69.9 Å². The first-order valence-corrected chi connectivity index (χ1v) is 15.9. The average molecular weight is 639 g/mol. The molecule has 1 aromatic rings. The van der Waals surface area contributed by atoms with Crippen LogP contribution in [0.4, 0.5) is 0 Å². The maximum Gasteiger partial charge on any atom is 0.229 e. The zero-order chi connectivity index (χ0) is 33.0. The lowest BCUT2D eigenvalue weighted by atomic mass is 9.73. The van der Waals surface area contributed by atoms with E-state index in [9.17, 15) is 40.9 Å². The van der Waals surface area contributed by atoms with E-state index in [0.29, 0.717) is 12.0 Å². The number of benzene rings is 1. The third-order valence-electron chi connectivity index (χ3n) is 9.13. The van der Waals surface area contributed by atoms with Gasteiger partial charge in [-0.25, -0.2) is 0 Å². The zero-order valence-electron chi connectivity index (χ0n) is 26.2. The van der Waals surface area contributed by atoms with Gasteiger partial charge in [0.05, 0.1) is 13.2 Å². The fourth-order valence-electron chi connectivity index (χ4n) is 6.39. The Kier molecular flexibility index (Phi) is 12.4. The van der Waals surface area contributed by atoms with Gasteiger partial charge in [0.15, 0.2) is 0 Å². The van der Waals surface area contributed by atoms with Gasteiger partial charge in [0, 0.05) is 11.5 Å². The Balaban J connectivity index is 1.86. The third kappa shape index (κ3) is 7.90. The minimum atomic E-state index is -1.66. The van der Waals surface area contributed by atoms with Gasteiger partial charge in [-0.05, 0) is 63.1 Å². The molecular weight excluding hydrogens is 588 g/mol. The summed E-state index contributed by atoms with van der Waals surface area (Å²) in [6.45, 7) is 9.00. The highest BCUT2D eigenvalue weighted by atomic mass is 16.7. The van der Waals surface area contributed by atoms with E-state index in [4.69, 9.17) is 18.9 Å². The highest BCUT2D eigenvalue weighted by molar-refractivity contribution is 5.53. The van der Waals surface area contributed by atoms with E-state index < -0.39 is 74.6 Å². The summed E-state index contributed by atoms with van der Waals surface area (Å²) >= 11 is 0. The highest BCUT2D eigenvalue weighted by Crippen LogP contribution is 2.48. The SMILES string of the molecule is C=C(C)C1CCC(C)=C[C@H]1c1c(O[C@@H]2O[C@H](CO)[C@@H](O)[C@H](O)[C@H]2O)cc(CCCCC)cc1O[C@@H]1O[C@H](CO)[C@@H](O)[C@H](O)[C@H]1O. The molecule has 12 atom stereocenters. The van der Waals surface area contributed by atoms with E-state index >= 15 is 0 Å². The molecule has 0 aromatic heterocycles. The molecule has 1 aromatic carbocycles. The standard InChI is InChI=1S/C33H50O12/c1-5-6-7-8-18-12-21(42-32-30(40)28(38)26(36)23(14-34)44-32)25(20-11-17(4)9-10-19(20)16(2)3)22(13-18)43-33-31(41)29(39)27(37)24(15-35)45-33/h11-13,19-20,23-24,26-41H,2,5-10,14-15H2,1,3-4H3/t19?,20-,23-,24-,26-,27-,28+,29+,30-,31-,32-,33-/m1/s1. The van der Waals surface area contributed by atoms with Crippen LogP contribution in [0, 0.1) is 5.92 Å². The van der Waals surface area contributed by atoms with Gasteiger partial charge in [0.1, 0.15) is 60.3 Å². The van der Waals surface area contributed by atoms with Gasteiger partial charge >= 0.3 is 0 Å². The van der Waals surface area contributed by atoms with E-state index in [1.165, 1.54) is 0 Å². The molecule has 0 radical (unpaired) electrons. The molecule has 0 bridgehead atoms. The molecule has 8 N–H and O–H groups in total. The quantitative estimate of drug-likeness (QED) is 0.119. The summed E-state index contributed by atoms with van der Waals surface area (Å²) in [5.41, 5.74) is 3.32. The van der Waals surface area contributed by atoms with Crippen molar-refractivity contribution in [1.29, 1.82) is 0 Å². The number of allylic oxidation sites excluding steroid dienone is 3. The lowest BCUT2D eigenvalue weighted by Gasteiger charge is -2.41. The number of rotatable bonds is 12. The minimum Gasteiger partial charge on any atom is -0.462 e. The first-order chi connectivity index (χ1) is 21.4. The molecule has 12 nitrogen and oxygen atoms in total. The van der Waals surface area contributed by atoms with E-state index in [0.717, 1.165) is 48.8 Å². The molecule has 0 spiro atoms. The molecule has 2 saturated heterocycles. The molecular formula is C33H50O12. The number of hydrogen-bond acceptors (Lipinski definition) is 12. The Labute approximate surface area is 264 Å². The van der Waals surface area contributed by atoms with Crippen LogP contribution in [-0.2, 0) is 15.9 Å². The summed E-state index contributed by atoms with van der Waals surface area (Å²) in [4.78, 5) is 0. The van der Waals surface area contributed by atoms with Crippen LogP contribution >= 0.6 is 0 Å². The molecule has 2 aliphatic heterocycles. The molecule has 4 rings (SSSR count). The highest BCUT2D eigenvalue weighted by Gasteiger charge is 2.47. The predicted octanol–water partition coefficient (Wildman–Crippen LogP) is 0.793. The van der Waals surface area contributed by atoms with Gasteiger partial charge < -0.3 is 59.8 Å². The van der Waals surface area contributed by atoms with Crippen LogP contribution in [0.25, 0.3) is 0 Å². The van der Waals surface area contributed by atoms with Crippen molar-refractivity contribution in [3.63, 3.8) is 0 Å². The van der Waals surface area contributed by atoms with E-state index in [1.54, 1.807) is 12.1 Å². The lowest BCUT2D eigenvalue weighted by Crippen LogP contribution is -2.60. The fourth-order valence-corrected chi connectivity index (χ4v) is 6.39. The molecule has 2 heterocycles. The number of unbranched alkanes of at least 4 members (excludes halogenated alkanes) is 2. The Morgan fingerprint density at radius 1 is 0.822 bits per heavy atom. The molecule has 12 heteroatoms. The predicted molar refractivity (Wildman–Crippen MR) is 162 cm³/mol. The van der Waals surface area contributed by atoms with E-state index in [2.05, 4.69) is 19.6 Å². The molecule has 1 unspecified atom stereocenters. The van der Waals surface area contributed by atoms with Crippen molar-refractivity contribution in [2.75, 3.05) is 13.2 Å². The van der Waals surface area contributed by atoms with Crippen LogP contribution in [0.5, 0.6) is 11.5 Å². The fraction of sp³-hybridized carbons (Fsp3) is 0.697. The van der Waals surface area contributed by atoms with Crippen LogP contribution in [0.3, 0.4) is 0 Å². The smallest absolute Gasteiger partial charge is 0.229 e. The second kappa shape index (κ2) is 15.7. The topological polar surface area (TPSA) is 199 Å². The van der Waals surface area contributed by atoms with Gasteiger partial charge in [-0.15, -0.1) is 0 Å². The number of aryl methyl sites for hydroxylation is 1. The maximum absolute atomic E-state index is 10.9. The first kappa shape index (κ1) is 35.7. The van der Waals surface area contributed by atoms with Crippen molar-refractivity contribution >= 4 is 0 Å². The number of hydrogen-bond donors (Lipinski definition) is 8. The van der Waals surface area contributed by atoms with Crippen molar-refractivity contribution < 1.29 is 59.8 Å². The lowest BCUT2D eigenvalue weighted by molar-refractivity contribution is -0.279. The van der Waals surface area contributed by atoms with Gasteiger partial charge in [-0.3, -0.25) is 0 Å². The second-order valence-corrected chi connectivity index (χ2v) is 12.6. The molecule has 1 aliphatic carbocycles. The molecule has 254 valence electrons. The third-order valence-corrected chi connectivity index (χ3v) is 9.13. The zero-order valence-corrected chi connectivity index (χ0v) is 26.2. The van der Waals surface area contributed by atoms with Gasteiger partial charge in [0.25, 0.3) is 0 Å². The van der Waals surface area contributed by atoms with Crippen molar-refractivity contribution in [2.45, 2.75) is 127 Å². The summed E-state index contributed by atoms with van der Waals surface area (Å²) in [5.74, 6) is 0.0693. The van der Waals surface area contributed by atoms with Crippen molar-refractivity contribution in [3.05, 3.63) is 47.1 Å². The Hall–Kier alpha value is -2.10. The Morgan fingerprint density at radius 2 is 1.33 bits per heavy atom. The largest absolute Gasteiger partial charge is 0.462 e. The van der Waals surface area contributed by atoms with Crippen LogP contribution in [0.2, 0.25) is 0 Å². The van der Waals surface area contributed by atoms with Crippen LogP contribution < -0.4 is 9.47 Å². The summed E-state index contributed by atoms with van der Waals surface area (Å²) in [6, 6.07) is 3.61. The van der Waals surface area contributed by atoms with Crippen molar-refractivity contribution in [2.24, 2.45) is 5.92 Å². The van der Waals surface area contributed by atoms with Crippen molar-refractivity contribution in [1.82, 2.24) is 0 Å².